The number of esters is 1. The van der Waals surface area contributed by atoms with Crippen LogP contribution in [-0.2, 0) is 27.4 Å². The van der Waals surface area contributed by atoms with Crippen LogP contribution in [-0.4, -0.2) is 63.6 Å². The van der Waals surface area contributed by atoms with Crippen LogP contribution in [0.1, 0.15) is 65.4 Å². The van der Waals surface area contributed by atoms with E-state index in [4.69, 9.17) is 10.5 Å². The van der Waals surface area contributed by atoms with E-state index < -0.39 is 29.0 Å². The number of carbonyl (C=O) groups excluding carboxylic acids is 2. The molecule has 3 aliphatic carbocycles. The number of ether oxygens (including phenoxy) is 1. The predicted molar refractivity (Wildman–Crippen MR) is 179 cm³/mol. The quantitative estimate of drug-likeness (QED) is 0.213. The van der Waals surface area contributed by atoms with Crippen molar-refractivity contribution in [1.82, 2.24) is 34.5 Å². The lowest BCUT2D eigenvalue weighted by Gasteiger charge is -2.61. The van der Waals surface area contributed by atoms with Gasteiger partial charge in [0.25, 0.3) is 0 Å². The fraction of sp³-hybridized carbons (Fsp3) is 0.528. The van der Waals surface area contributed by atoms with E-state index in [1.807, 2.05) is 41.8 Å². The molecule has 0 spiro atoms. The highest BCUT2D eigenvalue weighted by molar-refractivity contribution is 5.86. The number of ketones is 1. The number of anilines is 1. The molecule has 0 saturated heterocycles. The third-order valence-corrected chi connectivity index (χ3v) is 12.5. The molecule has 12 heteroatoms. The van der Waals surface area contributed by atoms with Gasteiger partial charge in [-0.2, -0.15) is 0 Å². The minimum Gasteiger partial charge on any atom is -0.460 e. The summed E-state index contributed by atoms with van der Waals surface area (Å²) >= 11 is 0. The standard InChI is InChI=1S/C36H44N8O4/c1-6-34(4)15-27(35(5)21(2)11-13-36(22(3)31(34)47)14-12-26(45)30(35)36)48-28(46)18-44-17-25(41-42-44)24-10-8-7-9-23(24)16-43-20-40-29-32(37)38-19-39-33(29)43/h6-10,17,19-22,27,30-31,47H,1,11-16,18H2,2-5H3,(H2,37,38,39)/t21-,22+,27-,30+,31+,34-,35+,36+/m1/s1. The second-order valence-corrected chi connectivity index (χ2v) is 14.8. The molecule has 252 valence electrons. The van der Waals surface area contributed by atoms with Crippen molar-refractivity contribution in [3.05, 3.63) is 61.3 Å². The van der Waals surface area contributed by atoms with E-state index in [2.05, 4.69) is 52.6 Å². The van der Waals surface area contributed by atoms with E-state index >= 15 is 0 Å². The second kappa shape index (κ2) is 11.6. The Labute approximate surface area is 279 Å². The molecule has 8 atom stereocenters. The molecule has 4 aromatic rings. The third kappa shape index (κ3) is 4.86. The average Bonchev–Trinajstić information content (AvgIpc) is 3.80. The topological polar surface area (TPSA) is 164 Å². The van der Waals surface area contributed by atoms with Gasteiger partial charge in [0.05, 0.1) is 25.2 Å². The maximum absolute atomic E-state index is 13.8. The lowest BCUT2D eigenvalue weighted by atomic mass is 9.44. The Morgan fingerprint density at radius 3 is 2.77 bits per heavy atom. The summed E-state index contributed by atoms with van der Waals surface area (Å²) in [5, 5.41) is 20.5. The van der Waals surface area contributed by atoms with Crippen molar-refractivity contribution in [2.45, 2.75) is 85.1 Å². The van der Waals surface area contributed by atoms with Crippen LogP contribution in [0.15, 0.2) is 55.8 Å². The molecule has 0 unspecified atom stereocenters. The van der Waals surface area contributed by atoms with E-state index in [1.165, 1.54) is 11.0 Å². The third-order valence-electron chi connectivity index (χ3n) is 12.5. The van der Waals surface area contributed by atoms with Crippen LogP contribution in [0.3, 0.4) is 0 Å². The number of benzene rings is 1. The Morgan fingerprint density at radius 2 is 1.98 bits per heavy atom. The maximum atomic E-state index is 13.8. The zero-order valence-corrected chi connectivity index (χ0v) is 28.0. The molecular weight excluding hydrogens is 608 g/mol. The van der Waals surface area contributed by atoms with E-state index in [0.717, 1.165) is 30.4 Å². The number of aromatic nitrogens is 7. The van der Waals surface area contributed by atoms with Gasteiger partial charge < -0.3 is 20.1 Å². The zero-order chi connectivity index (χ0) is 34.0. The highest BCUT2D eigenvalue weighted by Gasteiger charge is 2.68. The van der Waals surface area contributed by atoms with Crippen LogP contribution < -0.4 is 5.73 Å². The highest BCUT2D eigenvalue weighted by Crippen LogP contribution is 2.68. The van der Waals surface area contributed by atoms with Gasteiger partial charge in [0, 0.05) is 28.7 Å². The molecule has 3 aromatic heterocycles. The molecule has 0 radical (unpaired) electrons. The van der Waals surface area contributed by atoms with Crippen molar-refractivity contribution in [3.8, 4) is 11.3 Å². The molecule has 48 heavy (non-hydrogen) atoms. The van der Waals surface area contributed by atoms with Crippen molar-refractivity contribution in [3.63, 3.8) is 0 Å². The van der Waals surface area contributed by atoms with Crippen molar-refractivity contribution >= 4 is 28.7 Å². The summed E-state index contributed by atoms with van der Waals surface area (Å²) in [6.45, 7) is 12.8. The molecule has 3 N–H and O–H groups in total. The summed E-state index contributed by atoms with van der Waals surface area (Å²) < 4.78 is 9.79. The van der Waals surface area contributed by atoms with E-state index in [9.17, 15) is 14.7 Å². The van der Waals surface area contributed by atoms with Gasteiger partial charge in [0.1, 0.15) is 36.0 Å². The predicted octanol–water partition coefficient (Wildman–Crippen LogP) is 4.62. The zero-order valence-electron chi connectivity index (χ0n) is 28.0. The molecule has 12 nitrogen and oxygen atoms in total. The van der Waals surface area contributed by atoms with Crippen molar-refractivity contribution in [2.75, 3.05) is 5.73 Å². The van der Waals surface area contributed by atoms with Crippen molar-refractivity contribution in [2.24, 2.45) is 34.0 Å². The van der Waals surface area contributed by atoms with Crippen LogP contribution >= 0.6 is 0 Å². The molecule has 3 fully saturated rings. The molecule has 2 bridgehead atoms. The maximum Gasteiger partial charge on any atom is 0.328 e. The molecular formula is C36H44N8O4. The summed E-state index contributed by atoms with van der Waals surface area (Å²) in [7, 11) is 0. The fourth-order valence-corrected chi connectivity index (χ4v) is 9.43. The summed E-state index contributed by atoms with van der Waals surface area (Å²) in [5.41, 5.74) is 7.96. The number of nitrogen functional groups attached to an aromatic ring is 1. The Balaban J connectivity index is 1.15. The number of aliphatic hydroxyl groups excluding tert-OH is 1. The van der Waals surface area contributed by atoms with Gasteiger partial charge in [0.15, 0.2) is 11.5 Å². The smallest absolute Gasteiger partial charge is 0.328 e. The van der Waals surface area contributed by atoms with Gasteiger partial charge in [-0.25, -0.2) is 19.6 Å². The van der Waals surface area contributed by atoms with Gasteiger partial charge >= 0.3 is 5.97 Å². The Bertz CT molecular complexity index is 1900. The molecule has 1 aromatic carbocycles. The van der Waals surface area contributed by atoms with E-state index in [-0.39, 0.29) is 35.5 Å². The average molecular weight is 653 g/mol. The number of aliphatic hydroxyl groups is 1. The van der Waals surface area contributed by atoms with E-state index in [1.54, 1.807) is 12.5 Å². The minimum atomic E-state index is -0.717. The molecule has 3 aliphatic rings. The van der Waals surface area contributed by atoms with Crippen LogP contribution in [0.25, 0.3) is 22.4 Å². The summed E-state index contributed by atoms with van der Waals surface area (Å²) in [6, 6.07) is 7.83. The lowest BCUT2D eigenvalue weighted by Crippen LogP contribution is -2.63. The highest BCUT2D eigenvalue weighted by atomic mass is 16.5. The van der Waals surface area contributed by atoms with Crippen LogP contribution in [0, 0.1) is 34.0 Å². The first-order chi connectivity index (χ1) is 22.9. The van der Waals surface area contributed by atoms with E-state index in [0.29, 0.717) is 42.1 Å². The summed E-state index contributed by atoms with van der Waals surface area (Å²) in [6.07, 6.45) is 8.76. The molecule has 3 heterocycles. The first-order valence-corrected chi connectivity index (χ1v) is 16.8. The number of carbonyl (C=O) groups is 2. The van der Waals surface area contributed by atoms with Gasteiger partial charge in [-0.05, 0) is 48.5 Å². The lowest BCUT2D eigenvalue weighted by molar-refractivity contribution is -0.207. The number of imidazole rings is 1. The Hall–Kier alpha value is -4.45. The number of Topliss-reactive ketones (excluding diaryl/α,β-unsaturated/α-hetero) is 1. The van der Waals surface area contributed by atoms with Crippen LogP contribution in [0.4, 0.5) is 5.82 Å². The second-order valence-electron chi connectivity index (χ2n) is 14.8. The first kappa shape index (κ1) is 32.1. The summed E-state index contributed by atoms with van der Waals surface area (Å²) in [5.74, 6) is -0.132. The Morgan fingerprint density at radius 1 is 1.19 bits per heavy atom. The van der Waals surface area contributed by atoms with Crippen molar-refractivity contribution < 1.29 is 19.4 Å². The number of hydrogen-bond acceptors (Lipinski definition) is 10. The first-order valence-electron chi connectivity index (χ1n) is 16.8. The Kier molecular flexibility index (Phi) is 7.77. The number of hydrogen-bond donors (Lipinski definition) is 2. The molecule has 3 saturated carbocycles. The molecule has 7 rings (SSSR count). The largest absolute Gasteiger partial charge is 0.460 e. The normalized spacial score (nSPS) is 33.2. The monoisotopic (exact) mass is 652 g/mol. The van der Waals surface area contributed by atoms with Gasteiger partial charge in [-0.3, -0.25) is 9.59 Å². The summed E-state index contributed by atoms with van der Waals surface area (Å²) in [4.78, 5) is 40.2. The van der Waals surface area contributed by atoms with Crippen molar-refractivity contribution in [1.29, 1.82) is 0 Å². The number of nitrogens with two attached hydrogens (primary N) is 1. The number of rotatable bonds is 7. The van der Waals surface area contributed by atoms with Crippen LogP contribution in [0.2, 0.25) is 0 Å². The SMILES string of the molecule is C=C[C@]1(C)C[C@@H](OC(=O)Cn2cc(-c3ccccc3Cn3cnc4c(N)ncnc43)nn2)[C@]2(C)[C@H](C)CC[C@]3(CCC(=O)[C@H]32)[C@@H](C)[C@@H]1O. The van der Waals surface area contributed by atoms with Gasteiger partial charge in [-0.15, -0.1) is 11.7 Å². The molecule has 0 aliphatic heterocycles. The van der Waals surface area contributed by atoms with Gasteiger partial charge in [0.2, 0.25) is 0 Å². The minimum absolute atomic E-state index is 0.0872. The van der Waals surface area contributed by atoms with Crippen LogP contribution in [0.5, 0.6) is 0 Å². The fourth-order valence-electron chi connectivity index (χ4n) is 9.43. The number of fused-ring (bicyclic) bond motifs is 1. The van der Waals surface area contributed by atoms with Gasteiger partial charge in [-0.1, -0.05) is 63.2 Å². The number of nitrogens with zero attached hydrogens (tertiary/aromatic N) is 7. The molecule has 0 amide bonds.